The zero-order valence-corrected chi connectivity index (χ0v) is 9.76. The largest absolute Gasteiger partial charge is 0.311 e. The molecule has 14 heavy (non-hydrogen) atoms. The molecule has 1 heterocycles. The van der Waals surface area contributed by atoms with Crippen molar-refractivity contribution in [3.8, 4) is 0 Å². The van der Waals surface area contributed by atoms with Crippen LogP contribution in [0.4, 0.5) is 0 Å². The molecule has 0 unspecified atom stereocenters. The SMILES string of the molecule is CCC[C@@H]1CC[C@H]2[C@H](C)CCC[C@H]2N1. The van der Waals surface area contributed by atoms with E-state index in [4.69, 9.17) is 0 Å². The van der Waals surface area contributed by atoms with Gasteiger partial charge in [-0.1, -0.05) is 33.1 Å². The van der Waals surface area contributed by atoms with Crippen LogP contribution in [0.1, 0.15) is 58.8 Å². The van der Waals surface area contributed by atoms with E-state index in [0.717, 1.165) is 23.9 Å². The summed E-state index contributed by atoms with van der Waals surface area (Å²) in [5.74, 6) is 1.97. The molecule has 0 aromatic heterocycles. The number of piperidine rings is 1. The van der Waals surface area contributed by atoms with Gasteiger partial charge in [-0.25, -0.2) is 0 Å². The molecule has 1 saturated heterocycles. The highest BCUT2D eigenvalue weighted by Crippen LogP contribution is 2.36. The van der Waals surface area contributed by atoms with Gasteiger partial charge in [0.15, 0.2) is 0 Å². The number of fused-ring (bicyclic) bond motifs is 1. The molecule has 0 amide bonds. The van der Waals surface area contributed by atoms with Crippen LogP contribution in [0.2, 0.25) is 0 Å². The van der Waals surface area contributed by atoms with Crippen LogP contribution in [0.5, 0.6) is 0 Å². The highest BCUT2D eigenvalue weighted by Gasteiger charge is 2.34. The van der Waals surface area contributed by atoms with Crippen LogP contribution in [-0.4, -0.2) is 12.1 Å². The molecule has 1 heteroatoms. The van der Waals surface area contributed by atoms with Crippen LogP contribution in [0, 0.1) is 11.8 Å². The van der Waals surface area contributed by atoms with E-state index in [2.05, 4.69) is 19.2 Å². The lowest BCUT2D eigenvalue weighted by atomic mass is 9.71. The van der Waals surface area contributed by atoms with Crippen molar-refractivity contribution in [2.24, 2.45) is 11.8 Å². The van der Waals surface area contributed by atoms with Gasteiger partial charge in [0.1, 0.15) is 0 Å². The lowest BCUT2D eigenvalue weighted by Crippen LogP contribution is -2.50. The first-order valence-electron chi connectivity index (χ1n) is 6.57. The predicted molar refractivity (Wildman–Crippen MR) is 61.4 cm³/mol. The zero-order chi connectivity index (χ0) is 9.97. The van der Waals surface area contributed by atoms with E-state index in [1.807, 2.05) is 0 Å². The lowest BCUT2D eigenvalue weighted by molar-refractivity contribution is 0.122. The Kier molecular flexibility index (Phi) is 3.48. The molecule has 2 fully saturated rings. The third kappa shape index (κ3) is 2.13. The van der Waals surface area contributed by atoms with Gasteiger partial charge >= 0.3 is 0 Å². The average molecular weight is 195 g/mol. The van der Waals surface area contributed by atoms with Gasteiger partial charge in [0.05, 0.1) is 0 Å². The van der Waals surface area contributed by atoms with E-state index < -0.39 is 0 Å². The Hall–Kier alpha value is -0.0400. The Morgan fingerprint density at radius 1 is 1.14 bits per heavy atom. The van der Waals surface area contributed by atoms with Gasteiger partial charge in [0, 0.05) is 12.1 Å². The summed E-state index contributed by atoms with van der Waals surface area (Å²) in [7, 11) is 0. The van der Waals surface area contributed by atoms with E-state index >= 15 is 0 Å². The Labute approximate surface area is 88.7 Å². The highest BCUT2D eigenvalue weighted by molar-refractivity contribution is 4.91. The van der Waals surface area contributed by atoms with E-state index in [9.17, 15) is 0 Å². The van der Waals surface area contributed by atoms with Crippen LogP contribution in [-0.2, 0) is 0 Å². The summed E-state index contributed by atoms with van der Waals surface area (Å²) in [4.78, 5) is 0. The van der Waals surface area contributed by atoms with Crippen LogP contribution in [0.25, 0.3) is 0 Å². The van der Waals surface area contributed by atoms with Gasteiger partial charge in [-0.05, 0) is 37.5 Å². The molecule has 1 aliphatic carbocycles. The van der Waals surface area contributed by atoms with Gasteiger partial charge in [-0.3, -0.25) is 0 Å². The topological polar surface area (TPSA) is 12.0 Å². The number of hydrogen-bond acceptors (Lipinski definition) is 1. The fraction of sp³-hybridized carbons (Fsp3) is 1.00. The van der Waals surface area contributed by atoms with Crippen molar-refractivity contribution in [2.45, 2.75) is 70.9 Å². The number of nitrogens with one attached hydrogen (secondary N) is 1. The summed E-state index contributed by atoms with van der Waals surface area (Å²) in [6.07, 6.45) is 10.0. The zero-order valence-electron chi connectivity index (χ0n) is 9.76. The van der Waals surface area contributed by atoms with Crippen molar-refractivity contribution in [2.75, 3.05) is 0 Å². The summed E-state index contributed by atoms with van der Waals surface area (Å²) in [6.45, 7) is 4.76. The minimum Gasteiger partial charge on any atom is -0.311 e. The Bertz CT molecular complexity index is 178. The molecule has 82 valence electrons. The Morgan fingerprint density at radius 2 is 2.00 bits per heavy atom. The molecule has 1 saturated carbocycles. The summed E-state index contributed by atoms with van der Waals surface area (Å²) in [5.41, 5.74) is 0. The second-order valence-corrected chi connectivity index (χ2v) is 5.41. The third-order valence-corrected chi connectivity index (χ3v) is 4.36. The molecule has 1 aliphatic heterocycles. The molecule has 0 aromatic carbocycles. The molecular formula is C13H25N. The van der Waals surface area contributed by atoms with Crippen molar-refractivity contribution in [3.63, 3.8) is 0 Å². The monoisotopic (exact) mass is 195 g/mol. The van der Waals surface area contributed by atoms with Gasteiger partial charge in [-0.2, -0.15) is 0 Å². The second kappa shape index (κ2) is 4.65. The molecule has 1 nitrogen and oxygen atoms in total. The van der Waals surface area contributed by atoms with Crippen molar-refractivity contribution in [3.05, 3.63) is 0 Å². The minimum atomic E-state index is 0.839. The maximum atomic E-state index is 3.89. The maximum Gasteiger partial charge on any atom is 0.0100 e. The van der Waals surface area contributed by atoms with E-state index in [-0.39, 0.29) is 0 Å². The van der Waals surface area contributed by atoms with Crippen LogP contribution in [0.15, 0.2) is 0 Å². The Morgan fingerprint density at radius 3 is 2.79 bits per heavy atom. The molecule has 0 radical (unpaired) electrons. The molecule has 0 spiro atoms. The fourth-order valence-electron chi connectivity index (χ4n) is 3.53. The van der Waals surface area contributed by atoms with Crippen LogP contribution < -0.4 is 5.32 Å². The van der Waals surface area contributed by atoms with Gasteiger partial charge < -0.3 is 5.32 Å². The smallest absolute Gasteiger partial charge is 0.0100 e. The van der Waals surface area contributed by atoms with Crippen molar-refractivity contribution >= 4 is 0 Å². The van der Waals surface area contributed by atoms with E-state index in [1.165, 1.54) is 44.9 Å². The molecule has 4 atom stereocenters. The standard InChI is InChI=1S/C13H25N/c1-3-5-11-8-9-12-10(2)6-4-7-13(12)14-11/h10-14H,3-9H2,1-2H3/t10-,11-,12+,13-/m1/s1. The Balaban J connectivity index is 1.89. The van der Waals surface area contributed by atoms with Crippen molar-refractivity contribution < 1.29 is 0 Å². The first-order chi connectivity index (χ1) is 6.81. The molecular weight excluding hydrogens is 170 g/mol. The molecule has 0 aromatic rings. The average Bonchev–Trinajstić information content (AvgIpc) is 2.18. The van der Waals surface area contributed by atoms with E-state index in [0.29, 0.717) is 0 Å². The lowest BCUT2D eigenvalue weighted by Gasteiger charge is -2.44. The number of rotatable bonds is 2. The van der Waals surface area contributed by atoms with Crippen LogP contribution >= 0.6 is 0 Å². The van der Waals surface area contributed by atoms with Gasteiger partial charge in [0.2, 0.25) is 0 Å². The van der Waals surface area contributed by atoms with Crippen molar-refractivity contribution in [1.29, 1.82) is 0 Å². The fourth-order valence-corrected chi connectivity index (χ4v) is 3.53. The minimum absolute atomic E-state index is 0.839. The first kappa shape index (κ1) is 10.5. The van der Waals surface area contributed by atoms with Crippen LogP contribution in [0.3, 0.4) is 0 Å². The normalized spacial score (nSPS) is 43.3. The first-order valence-corrected chi connectivity index (χ1v) is 6.57. The molecule has 1 N–H and O–H groups in total. The second-order valence-electron chi connectivity index (χ2n) is 5.41. The predicted octanol–water partition coefficient (Wildman–Crippen LogP) is 3.34. The third-order valence-electron chi connectivity index (χ3n) is 4.36. The van der Waals surface area contributed by atoms with E-state index in [1.54, 1.807) is 0 Å². The summed E-state index contributed by atoms with van der Waals surface area (Å²) in [6, 6.07) is 1.70. The van der Waals surface area contributed by atoms with Gasteiger partial charge in [0.25, 0.3) is 0 Å². The highest BCUT2D eigenvalue weighted by atomic mass is 15.0. The molecule has 2 rings (SSSR count). The maximum absolute atomic E-state index is 3.89. The molecule has 2 aliphatic rings. The summed E-state index contributed by atoms with van der Waals surface area (Å²) in [5, 5.41) is 3.89. The van der Waals surface area contributed by atoms with Gasteiger partial charge in [-0.15, -0.1) is 0 Å². The number of hydrogen-bond donors (Lipinski definition) is 1. The quantitative estimate of drug-likeness (QED) is 0.712. The summed E-state index contributed by atoms with van der Waals surface area (Å²) >= 11 is 0. The molecule has 0 bridgehead atoms. The summed E-state index contributed by atoms with van der Waals surface area (Å²) < 4.78 is 0. The van der Waals surface area contributed by atoms with Crippen molar-refractivity contribution in [1.82, 2.24) is 5.32 Å².